The molecule has 3 aliphatic rings. The molecule has 0 bridgehead atoms. The first-order valence-electron chi connectivity index (χ1n) is 11.1. The maximum absolute atomic E-state index is 12.5. The second-order valence-electron chi connectivity index (χ2n) is 8.48. The van der Waals surface area contributed by atoms with Gasteiger partial charge in [-0.1, -0.05) is 12.8 Å². The van der Waals surface area contributed by atoms with Gasteiger partial charge < -0.3 is 19.9 Å². The molecule has 0 aromatic carbocycles. The number of carbonyl (C=O) groups excluding carboxylic acids is 2. The van der Waals surface area contributed by atoms with Crippen LogP contribution in [0.1, 0.15) is 64.7 Å². The van der Waals surface area contributed by atoms with Gasteiger partial charge in [0.25, 0.3) is 0 Å². The first-order chi connectivity index (χ1) is 13.2. The lowest BCUT2D eigenvalue weighted by Gasteiger charge is -2.37. The largest absolute Gasteiger partial charge is 0.450 e. The zero-order valence-corrected chi connectivity index (χ0v) is 17.0. The summed E-state index contributed by atoms with van der Waals surface area (Å²) in [5.41, 5.74) is 0. The van der Waals surface area contributed by atoms with Crippen molar-refractivity contribution in [1.82, 2.24) is 15.1 Å². The smallest absolute Gasteiger partial charge is 0.409 e. The summed E-state index contributed by atoms with van der Waals surface area (Å²) < 4.78 is 5.15. The van der Waals surface area contributed by atoms with Crippen molar-refractivity contribution >= 4 is 12.0 Å². The van der Waals surface area contributed by atoms with Gasteiger partial charge in [-0.05, 0) is 70.9 Å². The molecule has 2 heterocycles. The van der Waals surface area contributed by atoms with Crippen molar-refractivity contribution in [2.75, 3.05) is 39.3 Å². The fraction of sp³-hybridized carbons (Fsp3) is 0.905. The molecule has 154 valence electrons. The molecule has 0 spiro atoms. The summed E-state index contributed by atoms with van der Waals surface area (Å²) in [5.74, 6) is 1.17. The average molecular weight is 380 g/mol. The van der Waals surface area contributed by atoms with Crippen LogP contribution in [-0.2, 0) is 9.53 Å². The molecule has 1 atom stereocenters. The van der Waals surface area contributed by atoms with E-state index in [0.717, 1.165) is 64.8 Å². The van der Waals surface area contributed by atoms with Gasteiger partial charge >= 0.3 is 6.09 Å². The predicted octanol–water partition coefficient (Wildman–Crippen LogP) is 3.02. The molecule has 1 unspecified atom stereocenters. The van der Waals surface area contributed by atoms with E-state index in [4.69, 9.17) is 4.74 Å². The van der Waals surface area contributed by atoms with Crippen LogP contribution in [0.15, 0.2) is 0 Å². The zero-order valence-electron chi connectivity index (χ0n) is 17.0. The minimum Gasteiger partial charge on any atom is -0.450 e. The monoisotopic (exact) mass is 379 g/mol. The lowest BCUT2D eigenvalue weighted by atomic mass is 9.93. The van der Waals surface area contributed by atoms with Crippen LogP contribution in [0.5, 0.6) is 0 Å². The zero-order chi connectivity index (χ0) is 19.1. The fourth-order valence-corrected chi connectivity index (χ4v) is 4.97. The van der Waals surface area contributed by atoms with Crippen LogP contribution in [0.4, 0.5) is 4.79 Å². The predicted molar refractivity (Wildman–Crippen MR) is 105 cm³/mol. The van der Waals surface area contributed by atoms with Gasteiger partial charge in [0.15, 0.2) is 0 Å². The molecule has 0 aromatic rings. The average Bonchev–Trinajstić information content (AvgIpc) is 3.09. The molecule has 1 N–H and O–H groups in total. The van der Waals surface area contributed by atoms with Crippen LogP contribution in [0.3, 0.4) is 0 Å². The second-order valence-corrected chi connectivity index (χ2v) is 8.48. The third-order valence-corrected chi connectivity index (χ3v) is 6.68. The van der Waals surface area contributed by atoms with E-state index in [1.807, 2.05) is 11.8 Å². The number of carbonyl (C=O) groups is 2. The molecule has 0 aromatic heterocycles. The molecule has 2 amide bonds. The van der Waals surface area contributed by atoms with Crippen molar-refractivity contribution in [2.24, 2.45) is 11.8 Å². The molecule has 1 saturated carbocycles. The number of piperidine rings is 1. The Morgan fingerprint density at radius 1 is 0.926 bits per heavy atom. The summed E-state index contributed by atoms with van der Waals surface area (Å²) in [6.07, 6.45) is 10.2. The van der Waals surface area contributed by atoms with Crippen molar-refractivity contribution in [2.45, 2.75) is 70.8 Å². The van der Waals surface area contributed by atoms with Crippen LogP contribution in [-0.4, -0.2) is 67.2 Å². The van der Waals surface area contributed by atoms with Crippen LogP contribution in [0.2, 0.25) is 0 Å². The Labute approximate surface area is 164 Å². The summed E-state index contributed by atoms with van der Waals surface area (Å²) in [6.45, 7) is 6.77. The van der Waals surface area contributed by atoms with E-state index < -0.39 is 0 Å². The molecule has 3 rings (SSSR count). The maximum Gasteiger partial charge on any atom is 0.409 e. The quantitative estimate of drug-likeness (QED) is 0.798. The number of amides is 2. The third kappa shape index (κ3) is 5.84. The Bertz CT molecular complexity index is 485. The standard InChI is InChI=1S/C21H37N3O3/c1-2-27-21(26)24-12-5-8-19(11-15-24)23-13-9-18(10-14-23)20(25)22-16-17-6-3-4-7-17/h17-19H,2-16H2,1H3,(H,22,25). The highest BCUT2D eigenvalue weighted by atomic mass is 16.6. The van der Waals surface area contributed by atoms with E-state index in [-0.39, 0.29) is 17.9 Å². The Morgan fingerprint density at radius 3 is 2.37 bits per heavy atom. The summed E-state index contributed by atoms with van der Waals surface area (Å²) >= 11 is 0. The van der Waals surface area contributed by atoms with Crippen LogP contribution in [0.25, 0.3) is 0 Å². The molecule has 6 nitrogen and oxygen atoms in total. The Morgan fingerprint density at radius 2 is 1.67 bits per heavy atom. The fourth-order valence-electron chi connectivity index (χ4n) is 4.97. The van der Waals surface area contributed by atoms with Gasteiger partial charge in [0.2, 0.25) is 5.91 Å². The SMILES string of the molecule is CCOC(=O)N1CCCC(N2CCC(C(=O)NCC3CCCC3)CC2)CC1. The summed E-state index contributed by atoms with van der Waals surface area (Å²) in [7, 11) is 0. The normalized spacial score (nSPS) is 26.0. The molecule has 1 aliphatic carbocycles. The van der Waals surface area contributed by atoms with Crippen molar-refractivity contribution in [3.8, 4) is 0 Å². The molecule has 2 aliphatic heterocycles. The van der Waals surface area contributed by atoms with Gasteiger partial charge in [-0.2, -0.15) is 0 Å². The van der Waals surface area contributed by atoms with Gasteiger partial charge in [0.05, 0.1) is 6.61 Å². The van der Waals surface area contributed by atoms with Crippen LogP contribution in [0, 0.1) is 11.8 Å². The van der Waals surface area contributed by atoms with E-state index in [9.17, 15) is 9.59 Å². The van der Waals surface area contributed by atoms with E-state index >= 15 is 0 Å². The highest BCUT2D eigenvalue weighted by molar-refractivity contribution is 5.78. The number of rotatable bonds is 5. The van der Waals surface area contributed by atoms with E-state index in [1.165, 1.54) is 25.7 Å². The van der Waals surface area contributed by atoms with Gasteiger partial charge in [-0.25, -0.2) is 4.79 Å². The number of hydrogen-bond donors (Lipinski definition) is 1. The van der Waals surface area contributed by atoms with E-state index in [0.29, 0.717) is 18.6 Å². The molecule has 0 radical (unpaired) electrons. The number of ether oxygens (including phenoxy) is 1. The number of hydrogen-bond acceptors (Lipinski definition) is 4. The van der Waals surface area contributed by atoms with Gasteiger partial charge in [0.1, 0.15) is 0 Å². The number of nitrogens with one attached hydrogen (secondary N) is 1. The first kappa shape index (κ1) is 20.4. The minimum absolute atomic E-state index is 0.171. The highest BCUT2D eigenvalue weighted by Crippen LogP contribution is 2.26. The van der Waals surface area contributed by atoms with Crippen molar-refractivity contribution < 1.29 is 14.3 Å². The highest BCUT2D eigenvalue weighted by Gasteiger charge is 2.31. The van der Waals surface area contributed by atoms with E-state index in [1.54, 1.807) is 0 Å². The second kappa shape index (κ2) is 10.3. The molecule has 2 saturated heterocycles. The molecule has 3 fully saturated rings. The Balaban J connectivity index is 1.38. The number of likely N-dealkylation sites (tertiary alicyclic amines) is 2. The number of nitrogens with zero attached hydrogens (tertiary/aromatic N) is 2. The van der Waals surface area contributed by atoms with Gasteiger partial charge in [0, 0.05) is 31.6 Å². The molecule has 27 heavy (non-hydrogen) atoms. The van der Waals surface area contributed by atoms with Gasteiger partial charge in [-0.3, -0.25) is 4.79 Å². The molecule has 6 heteroatoms. The van der Waals surface area contributed by atoms with Crippen molar-refractivity contribution in [3.05, 3.63) is 0 Å². The maximum atomic E-state index is 12.5. The third-order valence-electron chi connectivity index (χ3n) is 6.68. The van der Waals surface area contributed by atoms with Crippen molar-refractivity contribution in [3.63, 3.8) is 0 Å². The van der Waals surface area contributed by atoms with E-state index in [2.05, 4.69) is 10.2 Å². The minimum atomic E-state index is -0.171. The topological polar surface area (TPSA) is 61.9 Å². The summed E-state index contributed by atoms with van der Waals surface area (Å²) in [4.78, 5) is 28.8. The lowest BCUT2D eigenvalue weighted by molar-refractivity contribution is -0.126. The Kier molecular flexibility index (Phi) is 7.80. The molecular weight excluding hydrogens is 342 g/mol. The molecular formula is C21H37N3O3. The summed E-state index contributed by atoms with van der Waals surface area (Å²) in [6, 6.07) is 0.534. The lowest BCUT2D eigenvalue weighted by Crippen LogP contribution is -2.45. The van der Waals surface area contributed by atoms with Crippen LogP contribution < -0.4 is 5.32 Å². The Hall–Kier alpha value is -1.30. The first-order valence-corrected chi connectivity index (χ1v) is 11.1. The van der Waals surface area contributed by atoms with Gasteiger partial charge in [-0.15, -0.1) is 0 Å². The summed E-state index contributed by atoms with van der Waals surface area (Å²) in [5, 5.41) is 3.21. The van der Waals surface area contributed by atoms with Crippen LogP contribution >= 0.6 is 0 Å². The van der Waals surface area contributed by atoms with Crippen molar-refractivity contribution in [1.29, 1.82) is 0 Å².